The largest absolute Gasteiger partial charge is 0.333 e. The first-order valence-corrected chi connectivity index (χ1v) is 8.16. The van der Waals surface area contributed by atoms with Crippen LogP contribution in [0, 0.1) is 13.8 Å². The van der Waals surface area contributed by atoms with E-state index in [9.17, 15) is 4.79 Å². The molecule has 1 fully saturated rings. The Bertz CT molecular complexity index is 707. The lowest BCUT2D eigenvalue weighted by Gasteiger charge is -2.34. The van der Waals surface area contributed by atoms with E-state index in [-0.39, 0.29) is 11.9 Å². The van der Waals surface area contributed by atoms with E-state index >= 15 is 0 Å². The second-order valence-corrected chi connectivity index (χ2v) is 6.34. The summed E-state index contributed by atoms with van der Waals surface area (Å²) in [5.74, 6) is 0.120. The average Bonchev–Trinajstić information content (AvgIpc) is 2.85. The molecule has 1 aromatic heterocycles. The molecule has 1 aliphatic heterocycles. The summed E-state index contributed by atoms with van der Waals surface area (Å²) in [6.07, 6.45) is 0. The van der Waals surface area contributed by atoms with Crippen molar-refractivity contribution < 1.29 is 4.79 Å². The lowest BCUT2D eigenvalue weighted by Crippen LogP contribution is -2.52. The zero-order valence-electron chi connectivity index (χ0n) is 14.0. The summed E-state index contributed by atoms with van der Waals surface area (Å²) < 4.78 is 1.98. The van der Waals surface area contributed by atoms with Crippen LogP contribution in [0.15, 0.2) is 30.3 Å². The standard InChI is InChI=1S/C18H24N4O/c1-13-9-14(2)22(20-13)12-16-5-4-6-17(10-16)18(23)21-8-7-19-11-15(21)3/h4-6,9-10,15,19H,7-8,11-12H2,1-3H3/t15-/m0/s1. The maximum Gasteiger partial charge on any atom is 0.254 e. The summed E-state index contributed by atoms with van der Waals surface area (Å²) in [5, 5.41) is 7.81. The summed E-state index contributed by atoms with van der Waals surface area (Å²) in [7, 11) is 0. The third-order valence-corrected chi connectivity index (χ3v) is 4.37. The molecule has 2 aromatic rings. The quantitative estimate of drug-likeness (QED) is 0.943. The van der Waals surface area contributed by atoms with E-state index in [0.29, 0.717) is 6.54 Å². The molecule has 5 nitrogen and oxygen atoms in total. The van der Waals surface area contributed by atoms with E-state index in [1.165, 1.54) is 0 Å². The van der Waals surface area contributed by atoms with E-state index in [1.54, 1.807) is 0 Å². The maximum absolute atomic E-state index is 12.8. The van der Waals surface area contributed by atoms with Gasteiger partial charge >= 0.3 is 0 Å². The van der Waals surface area contributed by atoms with Gasteiger partial charge in [0.05, 0.1) is 12.2 Å². The number of aromatic nitrogens is 2. The second kappa shape index (κ2) is 6.54. The number of piperazine rings is 1. The lowest BCUT2D eigenvalue weighted by molar-refractivity contribution is 0.0655. The van der Waals surface area contributed by atoms with Crippen LogP contribution in [0.3, 0.4) is 0 Å². The molecule has 0 saturated carbocycles. The molecule has 1 atom stereocenters. The van der Waals surface area contributed by atoms with Crippen LogP contribution in [0.2, 0.25) is 0 Å². The molecule has 1 aliphatic rings. The van der Waals surface area contributed by atoms with Gasteiger partial charge < -0.3 is 10.2 Å². The summed E-state index contributed by atoms with van der Waals surface area (Å²) in [5.41, 5.74) is 4.02. The number of carbonyl (C=O) groups is 1. The fourth-order valence-electron chi connectivity index (χ4n) is 3.12. The molecule has 0 spiro atoms. The van der Waals surface area contributed by atoms with Crippen LogP contribution < -0.4 is 5.32 Å². The monoisotopic (exact) mass is 312 g/mol. The summed E-state index contributed by atoms with van der Waals surface area (Å²) in [6.45, 7) is 9.31. The van der Waals surface area contributed by atoms with Gasteiger partial charge in [-0.15, -0.1) is 0 Å². The average molecular weight is 312 g/mol. The Morgan fingerprint density at radius 3 is 2.87 bits per heavy atom. The molecular formula is C18H24N4O. The number of nitrogens with one attached hydrogen (secondary N) is 1. The van der Waals surface area contributed by atoms with E-state index in [4.69, 9.17) is 0 Å². The first-order valence-electron chi connectivity index (χ1n) is 8.16. The molecule has 1 amide bonds. The van der Waals surface area contributed by atoms with Crippen LogP contribution in [-0.2, 0) is 6.54 Å². The molecule has 23 heavy (non-hydrogen) atoms. The number of hydrogen-bond donors (Lipinski definition) is 1. The molecule has 2 heterocycles. The van der Waals surface area contributed by atoms with Crippen molar-refractivity contribution in [3.05, 3.63) is 52.8 Å². The highest BCUT2D eigenvalue weighted by Gasteiger charge is 2.24. The van der Waals surface area contributed by atoms with Gasteiger partial charge in [-0.3, -0.25) is 9.48 Å². The molecule has 5 heteroatoms. The fraction of sp³-hybridized carbons (Fsp3) is 0.444. The van der Waals surface area contributed by atoms with E-state index < -0.39 is 0 Å². The molecule has 1 saturated heterocycles. The molecular weight excluding hydrogens is 288 g/mol. The number of amides is 1. The van der Waals surface area contributed by atoms with Gasteiger partial charge in [-0.2, -0.15) is 5.10 Å². The molecule has 0 aliphatic carbocycles. The summed E-state index contributed by atoms with van der Waals surface area (Å²) in [4.78, 5) is 14.7. The van der Waals surface area contributed by atoms with Crippen LogP contribution in [0.4, 0.5) is 0 Å². The number of hydrogen-bond acceptors (Lipinski definition) is 3. The molecule has 1 N–H and O–H groups in total. The third kappa shape index (κ3) is 3.45. The zero-order valence-corrected chi connectivity index (χ0v) is 14.0. The van der Waals surface area contributed by atoms with Crippen LogP contribution in [-0.4, -0.2) is 46.3 Å². The molecule has 0 radical (unpaired) electrons. The summed E-state index contributed by atoms with van der Waals surface area (Å²) >= 11 is 0. The highest BCUT2D eigenvalue weighted by molar-refractivity contribution is 5.94. The van der Waals surface area contributed by atoms with Crippen LogP contribution in [0.25, 0.3) is 0 Å². The van der Waals surface area contributed by atoms with Crippen LogP contribution in [0.5, 0.6) is 0 Å². The number of rotatable bonds is 3. The molecule has 3 rings (SSSR count). The van der Waals surface area contributed by atoms with Gasteiger partial charge in [-0.05, 0) is 44.5 Å². The van der Waals surface area contributed by atoms with Crippen molar-refractivity contribution in [2.45, 2.75) is 33.4 Å². The second-order valence-electron chi connectivity index (χ2n) is 6.34. The highest BCUT2D eigenvalue weighted by atomic mass is 16.2. The number of carbonyl (C=O) groups excluding carboxylic acids is 1. The molecule has 1 aromatic carbocycles. The Labute approximate surface area is 137 Å². The van der Waals surface area contributed by atoms with Gasteiger partial charge in [0.1, 0.15) is 0 Å². The number of aryl methyl sites for hydroxylation is 2. The molecule has 122 valence electrons. The predicted molar refractivity (Wildman–Crippen MR) is 90.6 cm³/mol. The Morgan fingerprint density at radius 2 is 2.17 bits per heavy atom. The predicted octanol–water partition coefficient (Wildman–Crippen LogP) is 1.98. The van der Waals surface area contributed by atoms with E-state index in [1.807, 2.05) is 34.7 Å². The van der Waals surface area contributed by atoms with Gasteiger partial charge in [-0.1, -0.05) is 12.1 Å². The van der Waals surface area contributed by atoms with E-state index in [0.717, 1.165) is 42.1 Å². The Hall–Kier alpha value is -2.14. The Balaban J connectivity index is 1.79. The minimum atomic E-state index is 0.120. The zero-order chi connectivity index (χ0) is 16.4. The Morgan fingerprint density at radius 1 is 1.35 bits per heavy atom. The van der Waals surface area contributed by atoms with Gasteiger partial charge in [0.25, 0.3) is 5.91 Å². The van der Waals surface area contributed by atoms with Gasteiger partial charge in [-0.25, -0.2) is 0 Å². The minimum absolute atomic E-state index is 0.120. The van der Waals surface area contributed by atoms with Gasteiger partial charge in [0.2, 0.25) is 0 Å². The molecule has 0 bridgehead atoms. The first-order chi connectivity index (χ1) is 11.0. The third-order valence-electron chi connectivity index (χ3n) is 4.37. The van der Waals surface area contributed by atoms with Crippen molar-refractivity contribution >= 4 is 5.91 Å². The smallest absolute Gasteiger partial charge is 0.254 e. The number of benzene rings is 1. The normalized spacial score (nSPS) is 18.2. The first kappa shape index (κ1) is 15.7. The highest BCUT2D eigenvalue weighted by Crippen LogP contribution is 2.14. The van der Waals surface area contributed by atoms with Gasteiger partial charge in [0, 0.05) is 36.9 Å². The fourth-order valence-corrected chi connectivity index (χ4v) is 3.12. The Kier molecular flexibility index (Phi) is 4.48. The van der Waals surface area contributed by atoms with Crippen molar-refractivity contribution in [2.24, 2.45) is 0 Å². The summed E-state index contributed by atoms with van der Waals surface area (Å²) in [6, 6.07) is 10.2. The van der Waals surface area contributed by atoms with Crippen molar-refractivity contribution in [1.29, 1.82) is 0 Å². The maximum atomic E-state index is 12.8. The van der Waals surface area contributed by atoms with Crippen molar-refractivity contribution in [1.82, 2.24) is 20.0 Å². The van der Waals surface area contributed by atoms with Crippen LogP contribution in [0.1, 0.15) is 34.2 Å². The topological polar surface area (TPSA) is 50.2 Å². The van der Waals surface area contributed by atoms with Crippen molar-refractivity contribution in [3.63, 3.8) is 0 Å². The van der Waals surface area contributed by atoms with E-state index in [2.05, 4.69) is 36.4 Å². The lowest BCUT2D eigenvalue weighted by atomic mass is 10.1. The minimum Gasteiger partial charge on any atom is -0.333 e. The SMILES string of the molecule is Cc1cc(C)n(Cc2cccc(C(=O)N3CCNC[C@@H]3C)c2)n1. The van der Waals surface area contributed by atoms with Crippen LogP contribution >= 0.6 is 0 Å². The van der Waals surface area contributed by atoms with Crippen molar-refractivity contribution in [3.8, 4) is 0 Å². The van der Waals surface area contributed by atoms with Crippen molar-refractivity contribution in [2.75, 3.05) is 19.6 Å². The van der Waals surface area contributed by atoms with Gasteiger partial charge in [0.15, 0.2) is 0 Å². The molecule has 0 unspecified atom stereocenters. The number of nitrogens with zero attached hydrogens (tertiary/aromatic N) is 3.